The van der Waals surface area contributed by atoms with Crippen LogP contribution >= 0.6 is 0 Å². The lowest BCUT2D eigenvalue weighted by atomic mass is 9.76. The minimum Gasteiger partial charge on any atom is -0.393 e. The van der Waals surface area contributed by atoms with E-state index in [1.807, 2.05) is 13.8 Å². The summed E-state index contributed by atoms with van der Waals surface area (Å²) in [6.07, 6.45) is 2.39. The highest BCUT2D eigenvalue weighted by Gasteiger charge is 2.52. The number of fused-ring (bicyclic) bond motifs is 1. The summed E-state index contributed by atoms with van der Waals surface area (Å²) >= 11 is 0. The normalized spacial score (nSPS) is 50.4. The molecule has 4 heteroatoms. The summed E-state index contributed by atoms with van der Waals surface area (Å²) in [5, 5.41) is 40.4. The fourth-order valence-electron chi connectivity index (χ4n) is 4.19. The zero-order valence-corrected chi connectivity index (χ0v) is 12.2. The quantitative estimate of drug-likeness (QED) is 0.602. The maximum atomic E-state index is 10.7. The first-order valence-corrected chi connectivity index (χ1v) is 7.42. The molecule has 2 rings (SSSR count). The summed E-state index contributed by atoms with van der Waals surface area (Å²) in [7, 11) is 0. The number of rotatable bonds is 2. The molecule has 19 heavy (non-hydrogen) atoms. The van der Waals surface area contributed by atoms with Crippen LogP contribution in [0.25, 0.3) is 0 Å². The minimum absolute atomic E-state index is 0.0216. The van der Waals surface area contributed by atoms with Crippen LogP contribution in [0.4, 0.5) is 0 Å². The van der Waals surface area contributed by atoms with Gasteiger partial charge in [-0.15, -0.1) is 0 Å². The predicted octanol–water partition coefficient (Wildman–Crippen LogP) is 0.914. The SMILES string of the molecule is CC1C(O)CC2C1CC(C(C)(O)CO)CCC2(C)O. The van der Waals surface area contributed by atoms with E-state index in [0.29, 0.717) is 12.8 Å². The Morgan fingerprint density at radius 1 is 1.32 bits per heavy atom. The molecule has 0 aliphatic heterocycles. The van der Waals surface area contributed by atoms with Crippen LogP contribution in [0, 0.1) is 23.7 Å². The van der Waals surface area contributed by atoms with Gasteiger partial charge >= 0.3 is 0 Å². The lowest BCUT2D eigenvalue weighted by Crippen LogP contribution is -2.39. The van der Waals surface area contributed by atoms with Gasteiger partial charge in [0, 0.05) is 0 Å². The fraction of sp³-hybridized carbons (Fsp3) is 1.00. The van der Waals surface area contributed by atoms with Gasteiger partial charge < -0.3 is 20.4 Å². The molecular formula is C15H28O4. The van der Waals surface area contributed by atoms with Crippen LogP contribution in [0.15, 0.2) is 0 Å². The Kier molecular flexibility index (Phi) is 4.00. The van der Waals surface area contributed by atoms with E-state index >= 15 is 0 Å². The number of hydrogen-bond donors (Lipinski definition) is 4. The van der Waals surface area contributed by atoms with Crippen molar-refractivity contribution in [2.45, 2.75) is 63.8 Å². The Labute approximate surface area is 115 Å². The van der Waals surface area contributed by atoms with Crippen LogP contribution in [-0.2, 0) is 0 Å². The average Bonchev–Trinajstić information content (AvgIpc) is 2.53. The van der Waals surface area contributed by atoms with E-state index in [-0.39, 0.29) is 36.4 Å². The third-order valence-electron chi connectivity index (χ3n) is 5.85. The minimum atomic E-state index is -1.10. The third-order valence-corrected chi connectivity index (χ3v) is 5.85. The van der Waals surface area contributed by atoms with E-state index in [4.69, 9.17) is 0 Å². The molecule has 0 heterocycles. The molecule has 0 aromatic carbocycles. The van der Waals surface area contributed by atoms with Crippen LogP contribution in [-0.4, -0.2) is 44.3 Å². The van der Waals surface area contributed by atoms with Crippen LogP contribution in [0.3, 0.4) is 0 Å². The topological polar surface area (TPSA) is 80.9 Å². The zero-order chi connectivity index (χ0) is 14.4. The standard InChI is InChI=1S/C15H28O4/c1-9-11-6-10(15(3,19)8-16)4-5-14(2,18)12(11)7-13(9)17/h9-13,16-19H,4-8H2,1-3H3. The molecule has 7 unspecified atom stereocenters. The maximum absolute atomic E-state index is 10.7. The molecule has 0 aromatic heterocycles. The molecule has 4 nitrogen and oxygen atoms in total. The highest BCUT2D eigenvalue weighted by molar-refractivity contribution is 5.02. The monoisotopic (exact) mass is 272 g/mol. The van der Waals surface area contributed by atoms with Crippen molar-refractivity contribution < 1.29 is 20.4 Å². The molecule has 112 valence electrons. The van der Waals surface area contributed by atoms with Gasteiger partial charge in [-0.1, -0.05) is 6.92 Å². The maximum Gasteiger partial charge on any atom is 0.0877 e. The van der Waals surface area contributed by atoms with Crippen LogP contribution in [0.5, 0.6) is 0 Å². The van der Waals surface area contributed by atoms with Crippen LogP contribution in [0.2, 0.25) is 0 Å². The fourth-order valence-corrected chi connectivity index (χ4v) is 4.19. The second-order valence-corrected chi connectivity index (χ2v) is 7.28. The summed E-state index contributed by atoms with van der Waals surface area (Å²) in [5.41, 5.74) is -1.88. The Morgan fingerprint density at radius 3 is 2.53 bits per heavy atom. The molecule has 2 fully saturated rings. The highest BCUT2D eigenvalue weighted by Crippen LogP contribution is 2.51. The molecule has 0 aromatic rings. The van der Waals surface area contributed by atoms with Gasteiger partial charge in [-0.25, -0.2) is 0 Å². The van der Waals surface area contributed by atoms with E-state index in [2.05, 4.69) is 0 Å². The first-order valence-electron chi connectivity index (χ1n) is 7.42. The molecule has 0 radical (unpaired) electrons. The van der Waals surface area contributed by atoms with E-state index in [0.717, 1.165) is 12.8 Å². The summed E-state index contributed by atoms with van der Waals surface area (Å²) < 4.78 is 0. The van der Waals surface area contributed by atoms with Crippen molar-refractivity contribution >= 4 is 0 Å². The Morgan fingerprint density at radius 2 is 1.95 bits per heavy atom. The molecule has 4 N–H and O–H groups in total. The molecule has 0 spiro atoms. The summed E-state index contributed by atoms with van der Waals surface area (Å²) in [6, 6.07) is 0. The lowest BCUT2D eigenvalue weighted by molar-refractivity contribution is -0.0582. The van der Waals surface area contributed by atoms with Crippen LogP contribution < -0.4 is 0 Å². The van der Waals surface area contributed by atoms with Crippen molar-refractivity contribution in [3.05, 3.63) is 0 Å². The molecule has 2 saturated carbocycles. The lowest BCUT2D eigenvalue weighted by Gasteiger charge is -2.34. The zero-order valence-electron chi connectivity index (χ0n) is 12.2. The van der Waals surface area contributed by atoms with Gasteiger partial charge in [-0.3, -0.25) is 0 Å². The second-order valence-electron chi connectivity index (χ2n) is 7.28. The van der Waals surface area contributed by atoms with Gasteiger partial charge in [0.25, 0.3) is 0 Å². The Hall–Kier alpha value is -0.160. The van der Waals surface area contributed by atoms with E-state index in [9.17, 15) is 20.4 Å². The predicted molar refractivity (Wildman–Crippen MR) is 72.4 cm³/mol. The van der Waals surface area contributed by atoms with Gasteiger partial charge in [0.2, 0.25) is 0 Å². The first kappa shape index (κ1) is 15.2. The number of hydrogen-bond acceptors (Lipinski definition) is 4. The van der Waals surface area contributed by atoms with Gasteiger partial charge in [-0.2, -0.15) is 0 Å². The second kappa shape index (κ2) is 4.99. The molecule has 2 aliphatic carbocycles. The summed E-state index contributed by atoms with van der Waals surface area (Å²) in [5.74, 6) is 0.436. The van der Waals surface area contributed by atoms with E-state index in [1.54, 1.807) is 6.92 Å². The van der Waals surface area contributed by atoms with Crippen molar-refractivity contribution in [2.24, 2.45) is 23.7 Å². The van der Waals surface area contributed by atoms with Crippen molar-refractivity contribution in [2.75, 3.05) is 6.61 Å². The van der Waals surface area contributed by atoms with Crippen molar-refractivity contribution in [1.82, 2.24) is 0 Å². The number of aliphatic hydroxyl groups excluding tert-OH is 2. The van der Waals surface area contributed by atoms with E-state index < -0.39 is 11.2 Å². The summed E-state index contributed by atoms with van der Waals surface area (Å²) in [4.78, 5) is 0. The highest BCUT2D eigenvalue weighted by atomic mass is 16.3. The van der Waals surface area contributed by atoms with E-state index in [1.165, 1.54) is 0 Å². The van der Waals surface area contributed by atoms with Gasteiger partial charge in [0.1, 0.15) is 0 Å². The van der Waals surface area contributed by atoms with Crippen molar-refractivity contribution in [1.29, 1.82) is 0 Å². The van der Waals surface area contributed by atoms with Gasteiger partial charge in [0.15, 0.2) is 0 Å². The smallest absolute Gasteiger partial charge is 0.0877 e. The van der Waals surface area contributed by atoms with Crippen LogP contribution in [0.1, 0.15) is 46.5 Å². The largest absolute Gasteiger partial charge is 0.393 e. The van der Waals surface area contributed by atoms with Gasteiger partial charge in [0.05, 0.1) is 23.9 Å². The molecular weight excluding hydrogens is 244 g/mol. The Bertz CT molecular complexity index is 326. The van der Waals surface area contributed by atoms with Crippen molar-refractivity contribution in [3.8, 4) is 0 Å². The average molecular weight is 272 g/mol. The third kappa shape index (κ3) is 2.68. The number of aliphatic hydroxyl groups is 4. The molecule has 0 bridgehead atoms. The van der Waals surface area contributed by atoms with Gasteiger partial charge in [-0.05, 0) is 63.2 Å². The van der Waals surface area contributed by atoms with Crippen molar-refractivity contribution in [3.63, 3.8) is 0 Å². The molecule has 0 saturated heterocycles. The molecule has 2 aliphatic rings. The Balaban J connectivity index is 2.25. The molecule has 0 amide bonds. The summed E-state index contributed by atoms with van der Waals surface area (Å²) in [6.45, 7) is 5.30. The first-order chi connectivity index (χ1) is 8.69. The molecule has 7 atom stereocenters.